The van der Waals surface area contributed by atoms with Crippen LogP contribution in [0.25, 0.3) is 0 Å². The van der Waals surface area contributed by atoms with Crippen LogP contribution in [0.4, 0.5) is 4.39 Å². The Hall–Kier alpha value is -2.44. The van der Waals surface area contributed by atoms with Crippen molar-refractivity contribution in [1.29, 1.82) is 0 Å². The molecule has 2 aromatic carbocycles. The van der Waals surface area contributed by atoms with Gasteiger partial charge >= 0.3 is 0 Å². The second kappa shape index (κ2) is 9.66. The molecule has 1 aliphatic rings. The Kier molecular flexibility index (Phi) is 7.01. The second-order valence-corrected chi connectivity index (χ2v) is 7.27. The van der Waals surface area contributed by atoms with Crippen molar-refractivity contribution in [3.8, 4) is 0 Å². The van der Waals surface area contributed by atoms with Crippen molar-refractivity contribution in [1.82, 2.24) is 15.5 Å². The zero-order chi connectivity index (χ0) is 19.9. The fraction of sp³-hybridized carbons (Fsp3) is 0.333. The van der Waals surface area contributed by atoms with Crippen molar-refractivity contribution in [2.45, 2.75) is 25.4 Å². The molecule has 1 saturated heterocycles. The number of rotatable bonds is 7. The first-order valence-corrected chi connectivity index (χ1v) is 9.66. The van der Waals surface area contributed by atoms with Gasteiger partial charge in [0.1, 0.15) is 5.82 Å². The molecule has 2 amide bonds. The van der Waals surface area contributed by atoms with Crippen molar-refractivity contribution in [2.75, 3.05) is 19.6 Å². The lowest BCUT2D eigenvalue weighted by Crippen LogP contribution is -2.56. The van der Waals surface area contributed by atoms with Gasteiger partial charge in [-0.2, -0.15) is 0 Å². The molecule has 0 aromatic heterocycles. The highest BCUT2D eigenvalue weighted by Crippen LogP contribution is 2.15. The normalized spacial score (nSPS) is 17.2. The number of nitrogens with one attached hydrogen (secondary N) is 2. The Morgan fingerprint density at radius 3 is 2.54 bits per heavy atom. The van der Waals surface area contributed by atoms with Gasteiger partial charge in [-0.3, -0.25) is 14.5 Å². The minimum atomic E-state index is -0.533. The van der Waals surface area contributed by atoms with Crippen molar-refractivity contribution in [3.05, 3.63) is 70.5 Å². The summed E-state index contributed by atoms with van der Waals surface area (Å²) in [5, 5.41) is 6.37. The maximum atomic E-state index is 13.1. The third-order valence-corrected chi connectivity index (χ3v) is 5.02. The molecule has 1 aliphatic heterocycles. The summed E-state index contributed by atoms with van der Waals surface area (Å²) in [5.74, 6) is -0.613. The molecule has 2 aromatic rings. The van der Waals surface area contributed by atoms with Crippen molar-refractivity contribution in [2.24, 2.45) is 0 Å². The van der Waals surface area contributed by atoms with Crippen LogP contribution in [0.1, 0.15) is 17.5 Å². The second-order valence-electron chi connectivity index (χ2n) is 6.83. The molecule has 0 spiro atoms. The molecule has 1 fully saturated rings. The zero-order valence-corrected chi connectivity index (χ0v) is 16.2. The highest BCUT2D eigenvalue weighted by molar-refractivity contribution is 6.30. The number of amides is 2. The monoisotopic (exact) mass is 403 g/mol. The van der Waals surface area contributed by atoms with Gasteiger partial charge in [0.25, 0.3) is 0 Å². The largest absolute Gasteiger partial charge is 0.356 e. The molecule has 0 unspecified atom stereocenters. The van der Waals surface area contributed by atoms with Crippen LogP contribution >= 0.6 is 11.6 Å². The first-order chi connectivity index (χ1) is 13.5. The summed E-state index contributed by atoms with van der Waals surface area (Å²) < 4.78 is 13.1. The van der Waals surface area contributed by atoms with E-state index >= 15 is 0 Å². The molecular weight excluding hydrogens is 381 g/mol. The van der Waals surface area contributed by atoms with Crippen LogP contribution in [0.2, 0.25) is 5.02 Å². The molecule has 28 heavy (non-hydrogen) atoms. The SMILES string of the molecule is O=C(C[C@@H]1C(=O)NCCN1Cc1ccc(F)cc1)NCCc1ccc(Cl)cc1. The van der Waals surface area contributed by atoms with Crippen molar-refractivity contribution < 1.29 is 14.0 Å². The number of hydrogen-bond acceptors (Lipinski definition) is 3. The van der Waals surface area contributed by atoms with Gasteiger partial charge in [-0.15, -0.1) is 0 Å². The fourth-order valence-corrected chi connectivity index (χ4v) is 3.37. The lowest BCUT2D eigenvalue weighted by molar-refractivity contribution is -0.134. The lowest BCUT2D eigenvalue weighted by atomic mass is 10.1. The molecule has 0 saturated carbocycles. The molecule has 5 nitrogen and oxygen atoms in total. The van der Waals surface area contributed by atoms with E-state index in [2.05, 4.69) is 10.6 Å². The smallest absolute Gasteiger partial charge is 0.237 e. The lowest BCUT2D eigenvalue weighted by Gasteiger charge is -2.34. The van der Waals surface area contributed by atoms with Gasteiger partial charge in [-0.25, -0.2) is 4.39 Å². The number of halogens is 2. The molecule has 1 atom stereocenters. The van der Waals surface area contributed by atoms with Gasteiger partial charge in [-0.05, 0) is 41.8 Å². The average Bonchev–Trinajstić information content (AvgIpc) is 2.68. The molecular formula is C21H23ClFN3O2. The summed E-state index contributed by atoms with van der Waals surface area (Å²) >= 11 is 5.87. The zero-order valence-electron chi connectivity index (χ0n) is 15.5. The number of benzene rings is 2. The van der Waals surface area contributed by atoms with Gasteiger partial charge in [-0.1, -0.05) is 35.9 Å². The summed E-state index contributed by atoms with van der Waals surface area (Å²) in [5.41, 5.74) is 1.99. The summed E-state index contributed by atoms with van der Waals surface area (Å²) in [6.07, 6.45) is 0.784. The topological polar surface area (TPSA) is 61.4 Å². The summed E-state index contributed by atoms with van der Waals surface area (Å²) in [6.45, 7) is 2.17. The van der Waals surface area contributed by atoms with Crippen LogP contribution < -0.4 is 10.6 Å². The Morgan fingerprint density at radius 1 is 1.14 bits per heavy atom. The van der Waals surface area contributed by atoms with E-state index in [1.807, 2.05) is 29.2 Å². The van der Waals surface area contributed by atoms with Gasteiger partial charge < -0.3 is 10.6 Å². The van der Waals surface area contributed by atoms with Crippen LogP contribution in [-0.4, -0.2) is 42.4 Å². The molecule has 3 rings (SSSR count). The molecule has 2 N–H and O–H groups in total. The van der Waals surface area contributed by atoms with Crippen molar-refractivity contribution in [3.63, 3.8) is 0 Å². The van der Waals surface area contributed by atoms with Crippen LogP contribution in [0.3, 0.4) is 0 Å². The van der Waals surface area contributed by atoms with Gasteiger partial charge in [0.15, 0.2) is 0 Å². The Morgan fingerprint density at radius 2 is 1.82 bits per heavy atom. The fourth-order valence-electron chi connectivity index (χ4n) is 3.24. The third kappa shape index (κ3) is 5.78. The number of carbonyl (C=O) groups excluding carboxylic acids is 2. The minimum absolute atomic E-state index is 0.0909. The Balaban J connectivity index is 1.52. The maximum Gasteiger partial charge on any atom is 0.237 e. The summed E-state index contributed by atoms with van der Waals surface area (Å²) in [6, 6.07) is 13.2. The number of piperazine rings is 1. The van der Waals surface area contributed by atoms with E-state index in [9.17, 15) is 14.0 Å². The van der Waals surface area contributed by atoms with E-state index in [1.165, 1.54) is 12.1 Å². The van der Waals surface area contributed by atoms with Crippen molar-refractivity contribution >= 4 is 23.4 Å². The predicted octanol–water partition coefficient (Wildman–Crippen LogP) is 2.53. The highest BCUT2D eigenvalue weighted by atomic mass is 35.5. The van der Waals surface area contributed by atoms with E-state index < -0.39 is 6.04 Å². The van der Waals surface area contributed by atoms with Gasteiger partial charge in [0, 0.05) is 31.2 Å². The standard InChI is InChI=1S/C21H23ClFN3O2/c22-17-5-1-15(2-6-17)9-10-24-20(27)13-19-21(28)25-11-12-26(19)14-16-3-7-18(23)8-4-16/h1-8,19H,9-14H2,(H,24,27)(H,25,28)/t19-/m1/s1. The maximum absolute atomic E-state index is 13.1. The summed E-state index contributed by atoms with van der Waals surface area (Å²) in [4.78, 5) is 26.6. The van der Waals surface area contributed by atoms with Crippen LogP contribution in [0.5, 0.6) is 0 Å². The third-order valence-electron chi connectivity index (χ3n) is 4.77. The molecule has 7 heteroatoms. The van der Waals surface area contributed by atoms with Crippen LogP contribution in [0, 0.1) is 5.82 Å². The number of hydrogen-bond donors (Lipinski definition) is 2. The first-order valence-electron chi connectivity index (χ1n) is 9.28. The molecule has 0 bridgehead atoms. The van der Waals surface area contributed by atoms with Crippen LogP contribution in [-0.2, 0) is 22.6 Å². The van der Waals surface area contributed by atoms with E-state index in [1.54, 1.807) is 12.1 Å². The Labute approximate surface area is 168 Å². The molecule has 0 aliphatic carbocycles. The quantitative estimate of drug-likeness (QED) is 0.746. The predicted molar refractivity (Wildman–Crippen MR) is 106 cm³/mol. The Bertz CT molecular complexity index is 811. The van der Waals surface area contributed by atoms with Crippen LogP contribution in [0.15, 0.2) is 48.5 Å². The molecule has 1 heterocycles. The van der Waals surface area contributed by atoms with E-state index in [-0.39, 0.29) is 24.1 Å². The number of nitrogens with zero attached hydrogens (tertiary/aromatic N) is 1. The van der Waals surface area contributed by atoms with Gasteiger partial charge in [0.05, 0.1) is 12.5 Å². The number of carbonyl (C=O) groups is 2. The first kappa shape index (κ1) is 20.3. The minimum Gasteiger partial charge on any atom is -0.356 e. The van der Waals surface area contributed by atoms with E-state index in [0.717, 1.165) is 11.1 Å². The molecule has 0 radical (unpaired) electrons. The molecule has 148 valence electrons. The summed E-state index contributed by atoms with van der Waals surface area (Å²) in [7, 11) is 0. The van der Waals surface area contributed by atoms with Gasteiger partial charge in [0.2, 0.25) is 11.8 Å². The van der Waals surface area contributed by atoms with E-state index in [0.29, 0.717) is 37.6 Å². The van der Waals surface area contributed by atoms with E-state index in [4.69, 9.17) is 11.6 Å². The average molecular weight is 404 g/mol. The highest BCUT2D eigenvalue weighted by Gasteiger charge is 2.31.